The molecular weight excluding hydrogens is 316 g/mol. The van der Waals surface area contributed by atoms with E-state index in [2.05, 4.69) is 10.6 Å². The van der Waals surface area contributed by atoms with Gasteiger partial charge in [0.25, 0.3) is 0 Å². The third kappa shape index (κ3) is 6.40. The lowest BCUT2D eigenvalue weighted by molar-refractivity contribution is -0.119. The van der Waals surface area contributed by atoms with Gasteiger partial charge in [-0.1, -0.05) is 0 Å². The topological polar surface area (TPSA) is 76.7 Å². The molecule has 2 rings (SSSR count). The second-order valence-corrected chi connectivity index (χ2v) is 6.72. The fourth-order valence-corrected chi connectivity index (χ4v) is 2.54. The number of benzene rings is 1. The van der Waals surface area contributed by atoms with Crippen molar-refractivity contribution in [3.05, 3.63) is 24.3 Å². The van der Waals surface area contributed by atoms with Crippen molar-refractivity contribution in [3.63, 3.8) is 0 Å². The Hall–Kier alpha value is -1.89. The number of nitrogens with one attached hydrogen (secondary N) is 2. The molecule has 1 aromatic rings. The first-order valence-electron chi connectivity index (χ1n) is 7.58. The van der Waals surface area contributed by atoms with Crippen LogP contribution in [0.1, 0.15) is 19.8 Å². The highest BCUT2D eigenvalue weighted by Crippen LogP contribution is 2.19. The molecule has 0 bridgehead atoms. The highest BCUT2D eigenvalue weighted by Gasteiger charge is 2.24. The fourth-order valence-electron chi connectivity index (χ4n) is 1.79. The smallest absolute Gasteiger partial charge is 0.321 e. The zero-order valence-electron chi connectivity index (χ0n) is 13.3. The minimum Gasteiger partial charge on any atom is -0.497 e. The summed E-state index contributed by atoms with van der Waals surface area (Å²) in [4.78, 5) is 23.3. The van der Waals surface area contributed by atoms with Gasteiger partial charge >= 0.3 is 6.03 Å². The van der Waals surface area contributed by atoms with Crippen LogP contribution in [0.3, 0.4) is 0 Å². The first-order chi connectivity index (χ1) is 11.1. The van der Waals surface area contributed by atoms with Crippen molar-refractivity contribution in [2.24, 2.45) is 0 Å². The Kier molecular flexibility index (Phi) is 6.58. The number of ether oxygens (including phenoxy) is 2. The number of thioether (sulfide) groups is 1. The van der Waals surface area contributed by atoms with E-state index in [-0.39, 0.29) is 17.2 Å². The van der Waals surface area contributed by atoms with E-state index in [4.69, 9.17) is 9.47 Å². The minimum atomic E-state index is -0.403. The van der Waals surface area contributed by atoms with Crippen molar-refractivity contribution < 1.29 is 19.1 Å². The van der Waals surface area contributed by atoms with Crippen LogP contribution in [0.15, 0.2) is 24.3 Å². The molecule has 1 aromatic carbocycles. The monoisotopic (exact) mass is 338 g/mol. The second kappa shape index (κ2) is 8.67. The van der Waals surface area contributed by atoms with Gasteiger partial charge in [0.2, 0.25) is 5.91 Å². The quantitative estimate of drug-likeness (QED) is 0.711. The Morgan fingerprint density at radius 3 is 2.52 bits per heavy atom. The number of imide groups is 1. The second-order valence-electron chi connectivity index (χ2n) is 5.27. The van der Waals surface area contributed by atoms with Crippen molar-refractivity contribution in [2.75, 3.05) is 19.5 Å². The summed E-state index contributed by atoms with van der Waals surface area (Å²) in [7, 11) is 1.61. The Bertz CT molecular complexity index is 531. The number of urea groups is 1. The van der Waals surface area contributed by atoms with E-state index in [0.717, 1.165) is 24.3 Å². The number of rotatable bonds is 8. The molecule has 0 unspecified atom stereocenters. The predicted octanol–water partition coefficient (Wildman–Crippen LogP) is 2.18. The summed E-state index contributed by atoms with van der Waals surface area (Å²) >= 11 is 1.45. The zero-order valence-corrected chi connectivity index (χ0v) is 14.2. The molecule has 1 saturated carbocycles. The van der Waals surface area contributed by atoms with Crippen LogP contribution in [0.5, 0.6) is 11.5 Å². The number of carbonyl (C=O) groups is 2. The molecule has 23 heavy (non-hydrogen) atoms. The van der Waals surface area contributed by atoms with Crippen LogP contribution in [-0.4, -0.2) is 42.7 Å². The maximum Gasteiger partial charge on any atom is 0.321 e. The number of amides is 3. The molecule has 1 aliphatic carbocycles. The van der Waals surface area contributed by atoms with Crippen LogP contribution >= 0.6 is 11.8 Å². The first kappa shape index (κ1) is 17.5. The van der Waals surface area contributed by atoms with Crippen molar-refractivity contribution in [1.82, 2.24) is 10.6 Å². The van der Waals surface area contributed by atoms with Crippen LogP contribution < -0.4 is 20.1 Å². The lowest BCUT2D eigenvalue weighted by Crippen LogP contribution is -2.43. The maximum atomic E-state index is 11.8. The molecule has 6 nitrogen and oxygen atoms in total. The van der Waals surface area contributed by atoms with Gasteiger partial charge in [0.15, 0.2) is 0 Å². The lowest BCUT2D eigenvalue weighted by atomic mass is 10.3. The fraction of sp³-hybridized carbons (Fsp3) is 0.500. The van der Waals surface area contributed by atoms with Crippen LogP contribution in [0, 0.1) is 0 Å². The molecule has 2 N–H and O–H groups in total. The number of carbonyl (C=O) groups excluding carboxylic acids is 2. The molecule has 0 radical (unpaired) electrons. The summed E-state index contributed by atoms with van der Waals surface area (Å²) in [6.45, 7) is 2.26. The molecule has 1 atom stereocenters. The third-order valence-electron chi connectivity index (χ3n) is 3.30. The largest absolute Gasteiger partial charge is 0.497 e. The molecule has 0 aromatic heterocycles. The zero-order chi connectivity index (χ0) is 16.7. The van der Waals surface area contributed by atoms with Crippen LogP contribution in [0.4, 0.5) is 4.79 Å². The predicted molar refractivity (Wildman–Crippen MR) is 90.1 cm³/mol. The van der Waals surface area contributed by atoms with Crippen molar-refractivity contribution in [2.45, 2.75) is 31.1 Å². The Labute approximate surface area is 140 Å². The van der Waals surface area contributed by atoms with E-state index < -0.39 is 6.03 Å². The first-order valence-corrected chi connectivity index (χ1v) is 8.63. The van der Waals surface area contributed by atoms with Gasteiger partial charge in [-0.3, -0.25) is 10.1 Å². The number of methoxy groups -OCH3 is 1. The van der Waals surface area contributed by atoms with Gasteiger partial charge in [0.1, 0.15) is 11.5 Å². The molecule has 1 fully saturated rings. The van der Waals surface area contributed by atoms with E-state index in [9.17, 15) is 9.59 Å². The van der Waals surface area contributed by atoms with Crippen LogP contribution in [0.25, 0.3) is 0 Å². The normalized spacial score (nSPS) is 14.7. The molecular formula is C16H22N2O4S. The van der Waals surface area contributed by atoms with Gasteiger partial charge in [-0.15, -0.1) is 11.8 Å². The highest BCUT2D eigenvalue weighted by molar-refractivity contribution is 8.00. The Balaban J connectivity index is 1.60. The molecule has 0 spiro atoms. The van der Waals surface area contributed by atoms with Gasteiger partial charge in [0, 0.05) is 11.8 Å². The summed E-state index contributed by atoms with van der Waals surface area (Å²) in [6.07, 6.45) is 1.99. The van der Waals surface area contributed by atoms with Gasteiger partial charge in [0.05, 0.1) is 19.0 Å². The lowest BCUT2D eigenvalue weighted by Gasteiger charge is -2.12. The van der Waals surface area contributed by atoms with E-state index in [0.29, 0.717) is 12.4 Å². The summed E-state index contributed by atoms with van der Waals surface area (Å²) < 4.78 is 10.7. The van der Waals surface area contributed by atoms with E-state index >= 15 is 0 Å². The molecule has 7 heteroatoms. The molecule has 126 valence electrons. The van der Waals surface area contributed by atoms with E-state index in [1.54, 1.807) is 14.0 Å². The Morgan fingerprint density at radius 1 is 1.26 bits per heavy atom. The third-order valence-corrected chi connectivity index (χ3v) is 4.41. The molecule has 0 saturated heterocycles. The van der Waals surface area contributed by atoms with Gasteiger partial charge in [-0.05, 0) is 44.0 Å². The van der Waals surface area contributed by atoms with E-state index in [1.165, 1.54) is 11.8 Å². The summed E-state index contributed by atoms with van der Waals surface area (Å²) in [5.41, 5.74) is 0. The van der Waals surface area contributed by atoms with Crippen molar-refractivity contribution in [1.29, 1.82) is 0 Å². The molecule has 1 aliphatic rings. The van der Waals surface area contributed by atoms with Gasteiger partial charge < -0.3 is 14.8 Å². The molecule has 3 amide bonds. The maximum absolute atomic E-state index is 11.8. The van der Waals surface area contributed by atoms with Crippen molar-refractivity contribution >= 4 is 23.7 Å². The Morgan fingerprint density at radius 2 is 1.91 bits per heavy atom. The highest BCUT2D eigenvalue weighted by atomic mass is 32.2. The summed E-state index contributed by atoms with van der Waals surface area (Å²) in [6, 6.07) is 7.17. The van der Waals surface area contributed by atoms with Crippen LogP contribution in [-0.2, 0) is 4.79 Å². The average Bonchev–Trinajstić information content (AvgIpc) is 3.35. The van der Waals surface area contributed by atoms with Crippen LogP contribution in [0.2, 0.25) is 0 Å². The van der Waals surface area contributed by atoms with Gasteiger partial charge in [-0.2, -0.15) is 0 Å². The summed E-state index contributed by atoms with van der Waals surface area (Å²) in [5.74, 6) is 1.91. The number of hydrogen-bond acceptors (Lipinski definition) is 5. The molecule has 0 aliphatic heterocycles. The summed E-state index contributed by atoms with van der Waals surface area (Å²) in [5, 5.41) is 4.77. The standard InChI is InChI=1S/C16H22N2O4S/c1-11(15(19)18-16(20)17-12-3-4-12)23-10-9-22-14-7-5-13(21-2)6-8-14/h5-8,11-12H,3-4,9-10H2,1-2H3,(H2,17,18,19,20)/t11-/m0/s1. The SMILES string of the molecule is COc1ccc(OCCS[C@@H](C)C(=O)NC(=O)NC2CC2)cc1. The van der Waals surface area contributed by atoms with Crippen molar-refractivity contribution in [3.8, 4) is 11.5 Å². The number of hydrogen-bond donors (Lipinski definition) is 2. The van der Waals surface area contributed by atoms with Gasteiger partial charge in [-0.25, -0.2) is 4.79 Å². The van der Waals surface area contributed by atoms with E-state index in [1.807, 2.05) is 24.3 Å². The molecule has 0 heterocycles. The average molecular weight is 338 g/mol. The minimum absolute atomic E-state index is 0.239.